The van der Waals surface area contributed by atoms with Crippen LogP contribution in [-0.4, -0.2) is 97.2 Å². The fraction of sp³-hybridized carbons (Fsp3) is 0.140. The highest BCUT2D eigenvalue weighted by atomic mass is 19.4. The zero-order chi connectivity index (χ0) is 53.6. The molecule has 10 rings (SSSR count). The standard InChI is InChI=1S/C50H41F5N18O4/c1-28-24-72(26-61-28)37-13-31(50(53,54)55)12-34(14-37)63-32-2-4-42(57-20-32)46(75)67-69-48-59-22-40(51)44(65-48)30-10-29(18-56-19-30)11-36-25-73(27-62-36)38-15-35(16-39(74)17-38)64-33-3-5-43(58-21-33)47(76)68-70-49-60-23-41(52)45(66-49)71-6-8-77-9-7-71/h2-5,10,12-27,63-64,74H,6-9,11H2,1H3,(H,67,75)(H,68,76)(H,59,65,69)(H,60,66,70). The third kappa shape index (κ3) is 12.3. The number of carbonyl (C=O) groups is 2. The number of pyridine rings is 3. The number of nitrogens with one attached hydrogen (secondary N) is 6. The molecule has 77 heavy (non-hydrogen) atoms. The number of carbonyl (C=O) groups excluding carboxylic acids is 2. The van der Waals surface area contributed by atoms with Crippen molar-refractivity contribution < 1.29 is 41.4 Å². The number of halogens is 5. The molecule has 1 aliphatic rings. The van der Waals surface area contributed by atoms with Crippen LogP contribution in [0.3, 0.4) is 0 Å². The minimum atomic E-state index is -4.62. The van der Waals surface area contributed by atoms with Gasteiger partial charge in [0.15, 0.2) is 17.5 Å². The van der Waals surface area contributed by atoms with Gasteiger partial charge in [-0.05, 0) is 67.1 Å². The molecule has 9 aromatic rings. The highest BCUT2D eigenvalue weighted by Crippen LogP contribution is 2.34. The number of rotatable bonds is 16. The number of nitrogens with zero attached hydrogens (tertiary/aromatic N) is 12. The first kappa shape index (κ1) is 50.4. The van der Waals surface area contributed by atoms with Crippen LogP contribution < -0.4 is 37.2 Å². The predicted octanol–water partition coefficient (Wildman–Crippen LogP) is 7.23. The van der Waals surface area contributed by atoms with Gasteiger partial charge in [0, 0.05) is 79.1 Å². The summed E-state index contributed by atoms with van der Waals surface area (Å²) >= 11 is 0. The molecule has 1 fully saturated rings. The Morgan fingerprint density at radius 3 is 1.92 bits per heavy atom. The van der Waals surface area contributed by atoms with Crippen LogP contribution in [0.1, 0.15) is 43.5 Å². The Kier molecular flexibility index (Phi) is 14.2. The average Bonchev–Trinajstić information content (AvgIpc) is 4.10. The van der Waals surface area contributed by atoms with Crippen molar-refractivity contribution >= 4 is 52.3 Å². The number of imidazole rings is 2. The molecule has 0 spiro atoms. The van der Waals surface area contributed by atoms with E-state index in [0.717, 1.165) is 24.5 Å². The lowest BCUT2D eigenvalue weighted by atomic mass is 10.1. The summed E-state index contributed by atoms with van der Waals surface area (Å²) < 4.78 is 79.5. The molecule has 7 aromatic heterocycles. The number of amides is 2. The van der Waals surface area contributed by atoms with Crippen molar-refractivity contribution in [3.8, 4) is 28.4 Å². The molecule has 0 radical (unpaired) electrons. The Morgan fingerprint density at radius 1 is 0.662 bits per heavy atom. The van der Waals surface area contributed by atoms with Gasteiger partial charge in [0.1, 0.15) is 22.8 Å². The number of benzene rings is 2. The number of hydrazine groups is 2. The van der Waals surface area contributed by atoms with Gasteiger partial charge < -0.3 is 34.5 Å². The van der Waals surface area contributed by atoms with Gasteiger partial charge in [-0.15, -0.1) is 0 Å². The number of aryl methyl sites for hydroxylation is 1. The summed E-state index contributed by atoms with van der Waals surface area (Å²) in [6, 6.07) is 15.9. The molecular formula is C50H41F5N18O4. The van der Waals surface area contributed by atoms with Crippen LogP contribution in [0.25, 0.3) is 22.6 Å². The third-order valence-corrected chi connectivity index (χ3v) is 11.5. The van der Waals surface area contributed by atoms with Crippen molar-refractivity contribution in [1.82, 2.24) is 64.8 Å². The molecule has 1 aliphatic heterocycles. The number of phenols is 1. The lowest BCUT2D eigenvalue weighted by Gasteiger charge is -2.28. The first-order valence-corrected chi connectivity index (χ1v) is 23.2. The van der Waals surface area contributed by atoms with Crippen molar-refractivity contribution in [2.45, 2.75) is 19.5 Å². The van der Waals surface area contributed by atoms with Gasteiger partial charge in [0.25, 0.3) is 11.8 Å². The van der Waals surface area contributed by atoms with E-state index in [4.69, 9.17) is 4.74 Å². The summed E-state index contributed by atoms with van der Waals surface area (Å²) in [7, 11) is 0. The fourth-order valence-corrected chi connectivity index (χ4v) is 7.83. The van der Waals surface area contributed by atoms with Crippen LogP contribution in [0.2, 0.25) is 0 Å². The van der Waals surface area contributed by atoms with Gasteiger partial charge >= 0.3 is 6.18 Å². The summed E-state index contributed by atoms with van der Waals surface area (Å²) in [5, 5.41) is 16.7. The topological polar surface area (TPSA) is 265 Å². The maximum atomic E-state index is 15.2. The molecule has 1 saturated heterocycles. The lowest BCUT2D eigenvalue weighted by Crippen LogP contribution is -2.38. The van der Waals surface area contributed by atoms with Crippen LogP contribution in [-0.2, 0) is 17.3 Å². The minimum Gasteiger partial charge on any atom is -0.508 e. The van der Waals surface area contributed by atoms with E-state index in [0.29, 0.717) is 71.6 Å². The molecule has 2 amide bonds. The van der Waals surface area contributed by atoms with Crippen molar-refractivity contribution in [3.05, 3.63) is 174 Å². The maximum absolute atomic E-state index is 15.2. The summed E-state index contributed by atoms with van der Waals surface area (Å²) in [5.41, 5.74) is 13.4. The van der Waals surface area contributed by atoms with Crippen molar-refractivity contribution in [1.29, 1.82) is 0 Å². The van der Waals surface area contributed by atoms with E-state index in [1.54, 1.807) is 59.5 Å². The smallest absolute Gasteiger partial charge is 0.416 e. The molecule has 0 bridgehead atoms. The number of aromatic hydroxyl groups is 1. The van der Waals surface area contributed by atoms with E-state index >= 15 is 4.39 Å². The third-order valence-electron chi connectivity index (χ3n) is 11.5. The number of hydrogen-bond donors (Lipinski definition) is 7. The van der Waals surface area contributed by atoms with Crippen LogP contribution in [0, 0.1) is 18.6 Å². The number of aromatic nitrogens is 11. The molecule has 2 aromatic carbocycles. The number of anilines is 7. The van der Waals surface area contributed by atoms with Gasteiger partial charge in [-0.1, -0.05) is 0 Å². The molecular weight excluding hydrogens is 1010 g/mol. The van der Waals surface area contributed by atoms with E-state index in [2.05, 4.69) is 77.2 Å². The first-order valence-electron chi connectivity index (χ1n) is 23.2. The number of phenolic OH excluding ortho intramolecular Hbond substituents is 1. The van der Waals surface area contributed by atoms with E-state index < -0.39 is 35.2 Å². The number of morpholine rings is 1. The first-order chi connectivity index (χ1) is 37.1. The highest BCUT2D eigenvalue weighted by Gasteiger charge is 2.31. The summed E-state index contributed by atoms with van der Waals surface area (Å²) in [6.45, 7) is 3.51. The van der Waals surface area contributed by atoms with E-state index in [1.165, 1.54) is 65.9 Å². The Hall–Kier alpha value is -10.2. The summed E-state index contributed by atoms with van der Waals surface area (Å²) in [4.78, 5) is 65.1. The van der Waals surface area contributed by atoms with E-state index in [9.17, 15) is 32.3 Å². The molecule has 27 heteroatoms. The molecule has 8 heterocycles. The second-order valence-electron chi connectivity index (χ2n) is 17.1. The molecule has 0 saturated carbocycles. The van der Waals surface area contributed by atoms with Gasteiger partial charge in [0.05, 0.1) is 84.7 Å². The second kappa shape index (κ2) is 21.7. The zero-order valence-corrected chi connectivity index (χ0v) is 40.1. The summed E-state index contributed by atoms with van der Waals surface area (Å²) in [6.07, 6.45) is 9.62. The Balaban J connectivity index is 0.735. The van der Waals surface area contributed by atoms with Crippen LogP contribution in [0.4, 0.5) is 62.4 Å². The molecule has 7 N–H and O–H groups in total. The lowest BCUT2D eigenvalue weighted by molar-refractivity contribution is -0.137. The van der Waals surface area contributed by atoms with Crippen molar-refractivity contribution in [2.75, 3.05) is 52.7 Å². The van der Waals surface area contributed by atoms with Gasteiger partial charge in [-0.3, -0.25) is 36.3 Å². The molecule has 22 nitrogen and oxygen atoms in total. The van der Waals surface area contributed by atoms with Crippen molar-refractivity contribution in [2.24, 2.45) is 0 Å². The van der Waals surface area contributed by atoms with Gasteiger partial charge in [0.2, 0.25) is 11.9 Å². The Morgan fingerprint density at radius 2 is 1.29 bits per heavy atom. The van der Waals surface area contributed by atoms with E-state index in [1.807, 2.05) is 0 Å². The maximum Gasteiger partial charge on any atom is 0.416 e. The average molecular weight is 1050 g/mol. The van der Waals surface area contributed by atoms with Gasteiger partial charge in [-0.25, -0.2) is 43.7 Å². The number of alkyl halides is 3. The molecule has 0 unspecified atom stereocenters. The predicted molar refractivity (Wildman–Crippen MR) is 269 cm³/mol. The summed E-state index contributed by atoms with van der Waals surface area (Å²) in [5.74, 6) is -2.82. The number of ether oxygens (including phenoxy) is 1. The monoisotopic (exact) mass is 1050 g/mol. The van der Waals surface area contributed by atoms with Crippen LogP contribution in [0.5, 0.6) is 5.75 Å². The van der Waals surface area contributed by atoms with Crippen molar-refractivity contribution in [3.63, 3.8) is 0 Å². The van der Waals surface area contributed by atoms with E-state index in [-0.39, 0.29) is 58.3 Å². The van der Waals surface area contributed by atoms with Crippen LogP contribution >= 0.6 is 0 Å². The zero-order valence-electron chi connectivity index (χ0n) is 40.1. The largest absolute Gasteiger partial charge is 0.508 e. The molecule has 0 aliphatic carbocycles. The minimum absolute atomic E-state index is 0.0133. The number of hydrogen-bond acceptors (Lipinski definition) is 18. The quantitative estimate of drug-likeness (QED) is 0.0372. The highest BCUT2D eigenvalue weighted by molar-refractivity contribution is 5.93. The Bertz CT molecular complexity index is 3610. The SMILES string of the molecule is Cc1cn(-c2cc(Nc3ccc(C(=O)NNc4ncc(F)c(-c5cncc(Cc6cn(-c7cc(O)cc(Nc8ccc(C(=O)NNc9ncc(F)c(N%10CCOCC%10)n9)nc8)c7)cn6)c5)n4)nc3)cc(C(F)(F)F)c2)cn1. The normalized spacial score (nSPS) is 12.5. The fourth-order valence-electron chi connectivity index (χ4n) is 7.83. The van der Waals surface area contributed by atoms with Crippen LogP contribution in [0.15, 0.2) is 129 Å². The molecule has 390 valence electrons. The Labute approximate surface area is 432 Å². The molecule has 0 atom stereocenters. The second-order valence-corrected chi connectivity index (χ2v) is 17.1. The van der Waals surface area contributed by atoms with Gasteiger partial charge in [-0.2, -0.15) is 18.2 Å².